The minimum atomic E-state index is -0.207. The molecule has 0 saturated heterocycles. The number of ketones is 1. The molecule has 1 atom stereocenters. The fourth-order valence-electron chi connectivity index (χ4n) is 3.43. The summed E-state index contributed by atoms with van der Waals surface area (Å²) in [5.41, 5.74) is 4.55. The first-order valence-corrected chi connectivity index (χ1v) is 9.79. The van der Waals surface area contributed by atoms with Crippen LogP contribution < -0.4 is 0 Å². The number of aryl methyl sites for hydroxylation is 2. The number of Topliss-reactive ketones (excluding diaryl/α,β-unsaturated/α-hetero) is 1. The number of benzene rings is 2. The minimum Gasteiger partial charge on any atom is -0.305 e. The molecule has 0 N–H and O–H groups in total. The van der Waals surface area contributed by atoms with Crippen LogP contribution in [0.2, 0.25) is 0 Å². The van der Waals surface area contributed by atoms with Gasteiger partial charge in [-0.2, -0.15) is 0 Å². The average Bonchev–Trinajstić information content (AvgIpc) is 3.28. The molecule has 1 aliphatic rings. The standard InChI is InChI=1S/C21H21N3OS/c1-14(19(25)18-12-11-15-9-6-10-17(15)13-18)26-21-23-22-20(24(21)2)16-7-4-3-5-8-16/h3-5,7-8,11-14H,6,9-10H2,1-2H3/t14-/m0/s1. The molecule has 0 bridgehead atoms. The van der Waals surface area contributed by atoms with Crippen molar-refractivity contribution in [3.05, 3.63) is 65.2 Å². The zero-order valence-electron chi connectivity index (χ0n) is 15.0. The van der Waals surface area contributed by atoms with Crippen LogP contribution in [0.4, 0.5) is 0 Å². The summed E-state index contributed by atoms with van der Waals surface area (Å²) in [6, 6.07) is 16.1. The smallest absolute Gasteiger partial charge is 0.191 e. The number of rotatable bonds is 5. The van der Waals surface area contributed by atoms with Crippen LogP contribution in [0.3, 0.4) is 0 Å². The Kier molecular flexibility index (Phi) is 4.64. The fourth-order valence-corrected chi connectivity index (χ4v) is 4.32. The van der Waals surface area contributed by atoms with Gasteiger partial charge in [-0.1, -0.05) is 54.2 Å². The van der Waals surface area contributed by atoms with Gasteiger partial charge < -0.3 is 4.57 Å². The summed E-state index contributed by atoms with van der Waals surface area (Å²) < 4.78 is 1.95. The maximum atomic E-state index is 12.9. The van der Waals surface area contributed by atoms with Crippen LogP contribution in [0.5, 0.6) is 0 Å². The van der Waals surface area contributed by atoms with E-state index >= 15 is 0 Å². The molecule has 4 rings (SSSR count). The molecule has 0 fully saturated rings. The number of aromatic nitrogens is 3. The molecule has 1 aromatic heterocycles. The molecule has 0 amide bonds. The van der Waals surface area contributed by atoms with Crippen molar-refractivity contribution in [2.24, 2.45) is 7.05 Å². The number of fused-ring (bicyclic) bond motifs is 1. The zero-order valence-corrected chi connectivity index (χ0v) is 15.8. The van der Waals surface area contributed by atoms with Gasteiger partial charge in [0.1, 0.15) is 0 Å². The van der Waals surface area contributed by atoms with E-state index in [1.165, 1.54) is 29.3 Å². The Balaban J connectivity index is 1.52. The van der Waals surface area contributed by atoms with Gasteiger partial charge in [-0.3, -0.25) is 4.79 Å². The normalized spacial score (nSPS) is 14.2. The average molecular weight is 363 g/mol. The van der Waals surface area contributed by atoms with Gasteiger partial charge in [0.25, 0.3) is 0 Å². The lowest BCUT2D eigenvalue weighted by atomic mass is 10.0. The van der Waals surface area contributed by atoms with Crippen molar-refractivity contribution in [3.63, 3.8) is 0 Å². The lowest BCUT2D eigenvalue weighted by Gasteiger charge is -2.11. The number of hydrogen-bond donors (Lipinski definition) is 0. The molecule has 0 aliphatic heterocycles. The number of hydrogen-bond acceptors (Lipinski definition) is 4. The summed E-state index contributed by atoms with van der Waals surface area (Å²) in [5.74, 6) is 0.958. The zero-order chi connectivity index (χ0) is 18.1. The Labute approximate surface area is 157 Å². The van der Waals surface area contributed by atoms with Gasteiger partial charge in [-0.05, 0) is 43.4 Å². The van der Waals surface area contributed by atoms with E-state index in [2.05, 4.69) is 22.3 Å². The third-order valence-electron chi connectivity index (χ3n) is 4.90. The van der Waals surface area contributed by atoms with Crippen molar-refractivity contribution in [3.8, 4) is 11.4 Å². The minimum absolute atomic E-state index is 0.147. The number of carbonyl (C=O) groups excluding carboxylic acids is 1. The van der Waals surface area contributed by atoms with Crippen LogP contribution in [0, 0.1) is 0 Å². The molecule has 2 aromatic carbocycles. The number of carbonyl (C=O) groups is 1. The molecule has 4 nitrogen and oxygen atoms in total. The van der Waals surface area contributed by atoms with Gasteiger partial charge in [0.15, 0.2) is 16.8 Å². The molecule has 0 spiro atoms. The first-order chi connectivity index (χ1) is 12.6. The summed E-state index contributed by atoms with van der Waals surface area (Å²) in [4.78, 5) is 12.9. The molecule has 1 heterocycles. The summed E-state index contributed by atoms with van der Waals surface area (Å²) in [7, 11) is 1.94. The summed E-state index contributed by atoms with van der Waals surface area (Å²) >= 11 is 1.46. The van der Waals surface area contributed by atoms with Crippen LogP contribution in [0.25, 0.3) is 11.4 Å². The molecule has 3 aromatic rings. The highest BCUT2D eigenvalue weighted by Crippen LogP contribution is 2.29. The molecule has 132 valence electrons. The topological polar surface area (TPSA) is 47.8 Å². The van der Waals surface area contributed by atoms with E-state index in [1.807, 2.05) is 54.9 Å². The van der Waals surface area contributed by atoms with E-state index in [9.17, 15) is 4.79 Å². The Hall–Kier alpha value is -2.40. The lowest BCUT2D eigenvalue weighted by molar-refractivity contribution is 0.0993. The van der Waals surface area contributed by atoms with Crippen LogP contribution in [-0.4, -0.2) is 25.8 Å². The van der Waals surface area contributed by atoms with Gasteiger partial charge in [0.2, 0.25) is 0 Å². The van der Waals surface area contributed by atoms with Gasteiger partial charge in [-0.25, -0.2) is 0 Å². The molecule has 26 heavy (non-hydrogen) atoms. The molecular weight excluding hydrogens is 342 g/mol. The highest BCUT2D eigenvalue weighted by Gasteiger charge is 2.22. The van der Waals surface area contributed by atoms with Crippen molar-refractivity contribution in [2.45, 2.75) is 36.6 Å². The van der Waals surface area contributed by atoms with E-state index in [0.29, 0.717) is 0 Å². The van der Waals surface area contributed by atoms with Crippen LogP contribution in [0.15, 0.2) is 53.7 Å². The molecule has 1 aliphatic carbocycles. The predicted octanol–water partition coefficient (Wildman–Crippen LogP) is 4.33. The van der Waals surface area contributed by atoms with Gasteiger partial charge in [-0.15, -0.1) is 10.2 Å². The number of nitrogens with zero attached hydrogens (tertiary/aromatic N) is 3. The Morgan fingerprint density at radius 2 is 1.85 bits per heavy atom. The Bertz CT molecular complexity index is 949. The largest absolute Gasteiger partial charge is 0.305 e. The maximum absolute atomic E-state index is 12.9. The number of thioether (sulfide) groups is 1. The van der Waals surface area contributed by atoms with Crippen molar-refractivity contribution < 1.29 is 4.79 Å². The SMILES string of the molecule is C[C@H](Sc1nnc(-c2ccccc2)n1C)C(=O)c1ccc2c(c1)CCC2. The Morgan fingerprint density at radius 1 is 1.08 bits per heavy atom. The second kappa shape index (κ2) is 7.08. The highest BCUT2D eigenvalue weighted by atomic mass is 32.2. The predicted molar refractivity (Wildman–Crippen MR) is 105 cm³/mol. The molecule has 0 unspecified atom stereocenters. The summed E-state index contributed by atoms with van der Waals surface area (Å²) in [6.45, 7) is 1.94. The first kappa shape index (κ1) is 17.0. The van der Waals surface area contributed by atoms with Crippen LogP contribution in [0.1, 0.15) is 34.8 Å². The van der Waals surface area contributed by atoms with E-state index in [4.69, 9.17) is 0 Å². The molecule has 0 saturated carbocycles. The fraction of sp³-hybridized carbons (Fsp3) is 0.286. The lowest BCUT2D eigenvalue weighted by Crippen LogP contribution is -2.14. The third kappa shape index (κ3) is 3.19. The second-order valence-corrected chi connectivity index (χ2v) is 8.00. The monoisotopic (exact) mass is 363 g/mol. The van der Waals surface area contributed by atoms with E-state index in [1.54, 1.807) is 0 Å². The summed E-state index contributed by atoms with van der Waals surface area (Å²) in [6.07, 6.45) is 3.41. The van der Waals surface area contributed by atoms with E-state index < -0.39 is 0 Å². The Morgan fingerprint density at radius 3 is 2.65 bits per heavy atom. The van der Waals surface area contributed by atoms with Gasteiger partial charge in [0.05, 0.1) is 5.25 Å². The highest BCUT2D eigenvalue weighted by molar-refractivity contribution is 8.00. The van der Waals surface area contributed by atoms with Crippen LogP contribution in [-0.2, 0) is 19.9 Å². The van der Waals surface area contributed by atoms with E-state index in [0.717, 1.165) is 34.9 Å². The molecule has 0 radical (unpaired) electrons. The van der Waals surface area contributed by atoms with E-state index in [-0.39, 0.29) is 11.0 Å². The van der Waals surface area contributed by atoms with Crippen molar-refractivity contribution in [2.75, 3.05) is 0 Å². The van der Waals surface area contributed by atoms with Crippen molar-refractivity contribution in [1.82, 2.24) is 14.8 Å². The maximum Gasteiger partial charge on any atom is 0.191 e. The molecule has 5 heteroatoms. The third-order valence-corrected chi connectivity index (χ3v) is 6.04. The molecular formula is C21H21N3OS. The van der Waals surface area contributed by atoms with Crippen molar-refractivity contribution in [1.29, 1.82) is 0 Å². The quantitative estimate of drug-likeness (QED) is 0.500. The first-order valence-electron chi connectivity index (χ1n) is 8.91. The van der Waals surface area contributed by atoms with Crippen molar-refractivity contribution >= 4 is 17.5 Å². The van der Waals surface area contributed by atoms with Gasteiger partial charge in [0, 0.05) is 18.2 Å². The van der Waals surface area contributed by atoms with Gasteiger partial charge >= 0.3 is 0 Å². The summed E-state index contributed by atoms with van der Waals surface area (Å²) in [5, 5.41) is 9.14. The second-order valence-electron chi connectivity index (χ2n) is 6.69. The van der Waals surface area contributed by atoms with Crippen LogP contribution >= 0.6 is 11.8 Å².